The molecule has 0 aromatic rings. The summed E-state index contributed by atoms with van der Waals surface area (Å²) >= 11 is 0. The number of aliphatic hydroxyl groups excluding tert-OH is 1. The van der Waals surface area contributed by atoms with Crippen LogP contribution in [0.4, 0.5) is 0 Å². The van der Waals surface area contributed by atoms with Gasteiger partial charge in [-0.05, 0) is 6.42 Å². The van der Waals surface area contributed by atoms with Crippen molar-refractivity contribution in [2.45, 2.75) is 25.6 Å². The van der Waals surface area contributed by atoms with Crippen LogP contribution in [0.2, 0.25) is 0 Å². The minimum absolute atomic E-state index is 0.151. The molecule has 2 N–H and O–H groups in total. The Labute approximate surface area is 79.2 Å². The van der Waals surface area contributed by atoms with Gasteiger partial charge in [0.15, 0.2) is 0 Å². The molecule has 0 amide bonds. The SMILES string of the molecule is CCC(O)CNCC1COCCO1. The molecule has 1 heterocycles. The maximum absolute atomic E-state index is 9.25. The van der Waals surface area contributed by atoms with Gasteiger partial charge < -0.3 is 19.9 Å². The van der Waals surface area contributed by atoms with Crippen LogP contribution in [0.1, 0.15) is 13.3 Å². The third-order valence-corrected chi connectivity index (χ3v) is 2.11. The number of aliphatic hydroxyl groups is 1. The molecule has 1 aliphatic rings. The number of hydrogen-bond acceptors (Lipinski definition) is 4. The normalized spacial score (nSPS) is 25.8. The molecule has 0 aromatic carbocycles. The molecule has 1 fully saturated rings. The average Bonchev–Trinajstić information content (AvgIpc) is 2.19. The van der Waals surface area contributed by atoms with Crippen LogP contribution < -0.4 is 5.32 Å². The van der Waals surface area contributed by atoms with Crippen LogP contribution in [-0.2, 0) is 9.47 Å². The molecule has 1 aliphatic heterocycles. The van der Waals surface area contributed by atoms with Gasteiger partial charge in [0.25, 0.3) is 0 Å². The Bertz CT molecular complexity index is 126. The summed E-state index contributed by atoms with van der Waals surface area (Å²) in [6.45, 7) is 5.41. The summed E-state index contributed by atoms with van der Waals surface area (Å²) in [5, 5.41) is 12.4. The summed E-state index contributed by atoms with van der Waals surface area (Å²) in [5.74, 6) is 0. The van der Waals surface area contributed by atoms with E-state index in [1.165, 1.54) is 0 Å². The zero-order valence-corrected chi connectivity index (χ0v) is 8.16. The summed E-state index contributed by atoms with van der Waals surface area (Å²) < 4.78 is 10.7. The first kappa shape index (κ1) is 10.9. The Kier molecular flexibility index (Phi) is 5.31. The molecule has 4 nitrogen and oxygen atoms in total. The summed E-state index contributed by atoms with van der Waals surface area (Å²) in [7, 11) is 0. The van der Waals surface area contributed by atoms with Crippen LogP contribution >= 0.6 is 0 Å². The third-order valence-electron chi connectivity index (χ3n) is 2.11. The van der Waals surface area contributed by atoms with E-state index in [4.69, 9.17) is 9.47 Å². The second-order valence-corrected chi connectivity index (χ2v) is 3.29. The Balaban J connectivity index is 1.98. The first-order valence-corrected chi connectivity index (χ1v) is 4.91. The van der Waals surface area contributed by atoms with E-state index in [2.05, 4.69) is 5.32 Å². The third kappa shape index (κ3) is 4.57. The highest BCUT2D eigenvalue weighted by atomic mass is 16.6. The molecule has 0 aliphatic carbocycles. The first-order valence-electron chi connectivity index (χ1n) is 4.91. The van der Waals surface area contributed by atoms with Gasteiger partial charge in [-0.25, -0.2) is 0 Å². The standard InChI is InChI=1S/C9H19NO3/c1-2-8(11)5-10-6-9-7-12-3-4-13-9/h8-11H,2-7H2,1H3. The van der Waals surface area contributed by atoms with Crippen molar-refractivity contribution in [2.24, 2.45) is 0 Å². The van der Waals surface area contributed by atoms with Crippen molar-refractivity contribution in [3.05, 3.63) is 0 Å². The molecule has 2 unspecified atom stereocenters. The van der Waals surface area contributed by atoms with Gasteiger partial charge in [0.05, 0.1) is 32.0 Å². The first-order chi connectivity index (χ1) is 6.33. The van der Waals surface area contributed by atoms with Crippen molar-refractivity contribution in [1.29, 1.82) is 0 Å². The van der Waals surface area contributed by atoms with E-state index in [1.807, 2.05) is 6.92 Å². The van der Waals surface area contributed by atoms with E-state index in [0.717, 1.165) is 13.0 Å². The number of nitrogens with one attached hydrogen (secondary N) is 1. The van der Waals surface area contributed by atoms with Crippen LogP contribution in [-0.4, -0.2) is 50.2 Å². The zero-order valence-electron chi connectivity index (χ0n) is 8.16. The molecule has 1 saturated heterocycles. The van der Waals surface area contributed by atoms with Crippen LogP contribution in [0, 0.1) is 0 Å². The van der Waals surface area contributed by atoms with Crippen molar-refractivity contribution in [3.8, 4) is 0 Å². The van der Waals surface area contributed by atoms with Crippen molar-refractivity contribution >= 4 is 0 Å². The van der Waals surface area contributed by atoms with E-state index >= 15 is 0 Å². The Morgan fingerprint density at radius 3 is 3.00 bits per heavy atom. The molecule has 13 heavy (non-hydrogen) atoms. The minimum atomic E-state index is -0.246. The summed E-state index contributed by atoms with van der Waals surface area (Å²) in [6, 6.07) is 0. The Hall–Kier alpha value is -0.160. The molecule has 0 aromatic heterocycles. The highest BCUT2D eigenvalue weighted by molar-refractivity contribution is 4.65. The Morgan fingerprint density at radius 2 is 2.38 bits per heavy atom. The maximum atomic E-state index is 9.25. The van der Waals surface area contributed by atoms with Gasteiger partial charge in [-0.1, -0.05) is 6.92 Å². The van der Waals surface area contributed by atoms with Crippen molar-refractivity contribution in [2.75, 3.05) is 32.9 Å². The second kappa shape index (κ2) is 6.32. The quantitative estimate of drug-likeness (QED) is 0.627. The lowest BCUT2D eigenvalue weighted by molar-refractivity contribution is -0.0868. The lowest BCUT2D eigenvalue weighted by Gasteiger charge is -2.23. The predicted octanol–water partition coefficient (Wildman–Crippen LogP) is -0.238. The van der Waals surface area contributed by atoms with E-state index in [1.54, 1.807) is 0 Å². The van der Waals surface area contributed by atoms with Crippen molar-refractivity contribution in [3.63, 3.8) is 0 Å². The van der Waals surface area contributed by atoms with Gasteiger partial charge >= 0.3 is 0 Å². The summed E-state index contributed by atoms with van der Waals surface area (Å²) in [6.07, 6.45) is 0.692. The molecule has 1 rings (SSSR count). The molecule has 4 heteroatoms. The fourth-order valence-corrected chi connectivity index (χ4v) is 1.21. The van der Waals surface area contributed by atoms with Gasteiger partial charge in [-0.15, -0.1) is 0 Å². The minimum Gasteiger partial charge on any atom is -0.392 e. The molecular formula is C9H19NO3. The smallest absolute Gasteiger partial charge is 0.0933 e. The predicted molar refractivity (Wildman–Crippen MR) is 49.7 cm³/mol. The average molecular weight is 189 g/mol. The summed E-state index contributed by atoms with van der Waals surface area (Å²) in [5.41, 5.74) is 0. The van der Waals surface area contributed by atoms with Gasteiger partial charge in [-0.2, -0.15) is 0 Å². The maximum Gasteiger partial charge on any atom is 0.0933 e. The lowest BCUT2D eigenvalue weighted by Crippen LogP contribution is -2.39. The van der Waals surface area contributed by atoms with Crippen LogP contribution in [0.3, 0.4) is 0 Å². The van der Waals surface area contributed by atoms with Crippen LogP contribution in [0.5, 0.6) is 0 Å². The topological polar surface area (TPSA) is 50.7 Å². The molecule has 0 saturated carbocycles. The zero-order chi connectivity index (χ0) is 9.52. The van der Waals surface area contributed by atoms with E-state index < -0.39 is 0 Å². The van der Waals surface area contributed by atoms with Gasteiger partial charge in [0.2, 0.25) is 0 Å². The largest absolute Gasteiger partial charge is 0.392 e. The second-order valence-electron chi connectivity index (χ2n) is 3.29. The number of rotatable bonds is 5. The van der Waals surface area contributed by atoms with Crippen molar-refractivity contribution < 1.29 is 14.6 Å². The fourth-order valence-electron chi connectivity index (χ4n) is 1.21. The molecule has 2 atom stereocenters. The Morgan fingerprint density at radius 1 is 1.54 bits per heavy atom. The summed E-state index contributed by atoms with van der Waals surface area (Å²) in [4.78, 5) is 0. The van der Waals surface area contributed by atoms with E-state index in [-0.39, 0.29) is 12.2 Å². The molecule has 78 valence electrons. The number of ether oxygens (including phenoxy) is 2. The fraction of sp³-hybridized carbons (Fsp3) is 1.00. The monoisotopic (exact) mass is 189 g/mol. The molecular weight excluding hydrogens is 170 g/mol. The number of hydrogen-bond donors (Lipinski definition) is 2. The van der Waals surface area contributed by atoms with Gasteiger partial charge in [0, 0.05) is 13.1 Å². The highest BCUT2D eigenvalue weighted by Gasteiger charge is 2.13. The van der Waals surface area contributed by atoms with E-state index in [9.17, 15) is 5.11 Å². The van der Waals surface area contributed by atoms with Gasteiger partial charge in [0.1, 0.15) is 0 Å². The molecule has 0 bridgehead atoms. The molecule has 0 spiro atoms. The van der Waals surface area contributed by atoms with Crippen LogP contribution in [0.15, 0.2) is 0 Å². The van der Waals surface area contributed by atoms with Crippen molar-refractivity contribution in [1.82, 2.24) is 5.32 Å². The van der Waals surface area contributed by atoms with Crippen LogP contribution in [0.25, 0.3) is 0 Å². The molecule has 0 radical (unpaired) electrons. The lowest BCUT2D eigenvalue weighted by atomic mass is 10.2. The highest BCUT2D eigenvalue weighted by Crippen LogP contribution is 1.98. The van der Waals surface area contributed by atoms with Gasteiger partial charge in [-0.3, -0.25) is 0 Å². The van der Waals surface area contributed by atoms with E-state index in [0.29, 0.717) is 26.4 Å².